The van der Waals surface area contributed by atoms with Gasteiger partial charge in [0.1, 0.15) is 0 Å². The van der Waals surface area contributed by atoms with Gasteiger partial charge in [0.25, 0.3) is 0 Å². The van der Waals surface area contributed by atoms with E-state index in [0.717, 1.165) is 30.6 Å². The number of hydrogen-bond donors (Lipinski definition) is 1. The van der Waals surface area contributed by atoms with Crippen LogP contribution in [0, 0.1) is 6.92 Å². The van der Waals surface area contributed by atoms with Gasteiger partial charge in [0.15, 0.2) is 0 Å². The highest BCUT2D eigenvalue weighted by atomic mass is 16.2. The van der Waals surface area contributed by atoms with Crippen molar-refractivity contribution in [3.63, 3.8) is 0 Å². The summed E-state index contributed by atoms with van der Waals surface area (Å²) in [6, 6.07) is 7.93. The summed E-state index contributed by atoms with van der Waals surface area (Å²) in [4.78, 5) is 14.3. The van der Waals surface area contributed by atoms with Crippen LogP contribution in [0.2, 0.25) is 0 Å². The summed E-state index contributed by atoms with van der Waals surface area (Å²) in [7, 11) is 2.03. The first-order chi connectivity index (χ1) is 8.18. The minimum Gasteiger partial charge on any atom is -0.324 e. The Morgan fingerprint density at radius 3 is 2.82 bits per heavy atom. The Labute approximate surface area is 103 Å². The number of aryl methyl sites for hydroxylation is 1. The van der Waals surface area contributed by atoms with Crippen molar-refractivity contribution in [1.82, 2.24) is 4.90 Å². The van der Waals surface area contributed by atoms with Crippen LogP contribution in [0.25, 0.3) is 0 Å². The molecule has 0 aliphatic carbocycles. The van der Waals surface area contributed by atoms with E-state index < -0.39 is 0 Å². The van der Waals surface area contributed by atoms with Crippen molar-refractivity contribution >= 4 is 11.6 Å². The second-order valence-electron chi connectivity index (χ2n) is 4.80. The summed E-state index contributed by atoms with van der Waals surface area (Å²) >= 11 is 0. The van der Waals surface area contributed by atoms with Crippen molar-refractivity contribution in [2.75, 3.05) is 18.9 Å². The number of carbonyl (C=O) groups excluding carboxylic acids is 1. The first-order valence-corrected chi connectivity index (χ1v) is 6.25. The molecule has 3 heteroatoms. The smallest absolute Gasteiger partial charge is 0.241 e. The zero-order valence-electron chi connectivity index (χ0n) is 10.6. The molecular weight excluding hydrogens is 212 g/mol. The van der Waals surface area contributed by atoms with E-state index in [2.05, 4.69) is 10.2 Å². The molecule has 1 aliphatic heterocycles. The van der Waals surface area contributed by atoms with E-state index in [1.54, 1.807) is 0 Å². The van der Waals surface area contributed by atoms with Crippen LogP contribution in [0.5, 0.6) is 0 Å². The maximum Gasteiger partial charge on any atom is 0.241 e. The molecule has 1 atom stereocenters. The second-order valence-corrected chi connectivity index (χ2v) is 4.80. The SMILES string of the molecule is Cc1ccccc1NC(=O)C1CCCCN1C. The Kier molecular flexibility index (Phi) is 3.79. The zero-order valence-corrected chi connectivity index (χ0v) is 10.6. The van der Waals surface area contributed by atoms with Crippen LogP contribution >= 0.6 is 0 Å². The van der Waals surface area contributed by atoms with Crippen LogP contribution in [0.1, 0.15) is 24.8 Å². The molecule has 1 saturated heterocycles. The molecule has 0 aromatic heterocycles. The van der Waals surface area contributed by atoms with Gasteiger partial charge in [0.05, 0.1) is 6.04 Å². The lowest BCUT2D eigenvalue weighted by Gasteiger charge is -2.31. The lowest BCUT2D eigenvalue weighted by molar-refractivity contribution is -0.121. The predicted molar refractivity (Wildman–Crippen MR) is 70.1 cm³/mol. The molecule has 17 heavy (non-hydrogen) atoms. The Hall–Kier alpha value is -1.35. The Morgan fingerprint density at radius 1 is 1.35 bits per heavy atom. The number of anilines is 1. The molecule has 3 nitrogen and oxygen atoms in total. The quantitative estimate of drug-likeness (QED) is 0.849. The third-order valence-electron chi connectivity index (χ3n) is 3.48. The minimum atomic E-state index is 0.0309. The van der Waals surface area contributed by atoms with E-state index in [9.17, 15) is 4.79 Å². The molecule has 1 heterocycles. The van der Waals surface area contributed by atoms with Gasteiger partial charge in [-0.05, 0) is 45.0 Å². The van der Waals surface area contributed by atoms with Crippen LogP contribution in [0.15, 0.2) is 24.3 Å². The molecule has 0 spiro atoms. The van der Waals surface area contributed by atoms with Crippen LogP contribution in [0.3, 0.4) is 0 Å². The monoisotopic (exact) mass is 232 g/mol. The number of nitrogens with zero attached hydrogens (tertiary/aromatic N) is 1. The maximum absolute atomic E-state index is 12.2. The second kappa shape index (κ2) is 5.32. The number of benzene rings is 1. The molecule has 0 saturated carbocycles. The molecule has 1 fully saturated rings. The molecule has 1 N–H and O–H groups in total. The predicted octanol–water partition coefficient (Wildman–Crippen LogP) is 2.42. The minimum absolute atomic E-state index is 0.0309. The number of rotatable bonds is 2. The lowest BCUT2D eigenvalue weighted by atomic mass is 10.0. The fourth-order valence-corrected chi connectivity index (χ4v) is 2.34. The number of likely N-dealkylation sites (N-methyl/N-ethyl adjacent to an activating group) is 1. The molecule has 0 radical (unpaired) electrons. The van der Waals surface area contributed by atoms with E-state index in [1.165, 1.54) is 6.42 Å². The highest BCUT2D eigenvalue weighted by molar-refractivity contribution is 5.95. The fourth-order valence-electron chi connectivity index (χ4n) is 2.34. The largest absolute Gasteiger partial charge is 0.324 e. The van der Waals surface area contributed by atoms with E-state index in [4.69, 9.17) is 0 Å². The average Bonchev–Trinajstić information content (AvgIpc) is 2.32. The third kappa shape index (κ3) is 2.86. The fraction of sp³-hybridized carbons (Fsp3) is 0.500. The maximum atomic E-state index is 12.2. The van der Waals surface area contributed by atoms with Crippen molar-refractivity contribution in [1.29, 1.82) is 0 Å². The van der Waals surface area contributed by atoms with E-state index in [1.807, 2.05) is 38.2 Å². The summed E-state index contributed by atoms with van der Waals surface area (Å²) in [5.74, 6) is 0.126. The van der Waals surface area contributed by atoms with Crippen molar-refractivity contribution in [2.45, 2.75) is 32.2 Å². The van der Waals surface area contributed by atoms with E-state index in [0.29, 0.717) is 0 Å². The molecule has 1 amide bonds. The highest BCUT2D eigenvalue weighted by Gasteiger charge is 2.25. The summed E-state index contributed by atoms with van der Waals surface area (Å²) in [5.41, 5.74) is 2.04. The van der Waals surface area contributed by atoms with Crippen molar-refractivity contribution in [3.8, 4) is 0 Å². The first kappa shape index (κ1) is 12.1. The number of amides is 1. The Bertz CT molecular complexity index is 403. The number of nitrogens with one attached hydrogen (secondary N) is 1. The number of piperidine rings is 1. The molecule has 1 aromatic carbocycles. The molecule has 1 aromatic rings. The van der Waals surface area contributed by atoms with Crippen LogP contribution in [-0.4, -0.2) is 30.4 Å². The van der Waals surface area contributed by atoms with Crippen molar-refractivity contribution in [2.24, 2.45) is 0 Å². The van der Waals surface area contributed by atoms with Gasteiger partial charge in [-0.1, -0.05) is 24.6 Å². The van der Waals surface area contributed by atoms with Crippen LogP contribution < -0.4 is 5.32 Å². The summed E-state index contributed by atoms with van der Waals surface area (Å²) in [6.07, 6.45) is 3.31. The summed E-state index contributed by atoms with van der Waals surface area (Å²) in [5, 5.41) is 3.03. The molecule has 1 aliphatic rings. The van der Waals surface area contributed by atoms with Gasteiger partial charge in [0, 0.05) is 5.69 Å². The summed E-state index contributed by atoms with van der Waals surface area (Å²) in [6.45, 7) is 3.03. The number of likely N-dealkylation sites (tertiary alicyclic amines) is 1. The molecule has 1 unspecified atom stereocenters. The zero-order chi connectivity index (χ0) is 12.3. The van der Waals surface area contributed by atoms with Crippen molar-refractivity contribution < 1.29 is 4.79 Å². The summed E-state index contributed by atoms with van der Waals surface area (Å²) < 4.78 is 0. The highest BCUT2D eigenvalue weighted by Crippen LogP contribution is 2.18. The number of hydrogen-bond acceptors (Lipinski definition) is 2. The van der Waals surface area contributed by atoms with Crippen LogP contribution in [0.4, 0.5) is 5.69 Å². The van der Waals surface area contributed by atoms with E-state index in [-0.39, 0.29) is 11.9 Å². The Morgan fingerprint density at radius 2 is 2.12 bits per heavy atom. The molecule has 2 rings (SSSR count). The van der Waals surface area contributed by atoms with Gasteiger partial charge in [-0.2, -0.15) is 0 Å². The first-order valence-electron chi connectivity index (χ1n) is 6.25. The number of carbonyl (C=O) groups is 1. The van der Waals surface area contributed by atoms with Gasteiger partial charge >= 0.3 is 0 Å². The molecular formula is C14H20N2O. The topological polar surface area (TPSA) is 32.3 Å². The number of para-hydroxylation sites is 1. The normalized spacial score (nSPS) is 21.2. The van der Waals surface area contributed by atoms with Gasteiger partial charge in [-0.15, -0.1) is 0 Å². The van der Waals surface area contributed by atoms with E-state index >= 15 is 0 Å². The van der Waals surface area contributed by atoms with Crippen molar-refractivity contribution in [3.05, 3.63) is 29.8 Å². The van der Waals surface area contributed by atoms with Crippen LogP contribution in [-0.2, 0) is 4.79 Å². The average molecular weight is 232 g/mol. The van der Waals surface area contributed by atoms with Gasteiger partial charge in [-0.3, -0.25) is 9.69 Å². The van der Waals surface area contributed by atoms with Gasteiger partial charge in [0.2, 0.25) is 5.91 Å². The lowest BCUT2D eigenvalue weighted by Crippen LogP contribution is -2.44. The third-order valence-corrected chi connectivity index (χ3v) is 3.48. The Balaban J connectivity index is 2.03. The van der Waals surface area contributed by atoms with Gasteiger partial charge in [-0.25, -0.2) is 0 Å². The molecule has 92 valence electrons. The van der Waals surface area contributed by atoms with Gasteiger partial charge < -0.3 is 5.32 Å². The standard InChI is InChI=1S/C14H20N2O/c1-11-7-3-4-8-12(11)15-14(17)13-9-5-6-10-16(13)2/h3-4,7-8,13H,5-6,9-10H2,1-2H3,(H,15,17). The molecule has 0 bridgehead atoms.